The Bertz CT molecular complexity index is 237. The summed E-state index contributed by atoms with van der Waals surface area (Å²) in [7, 11) is 2.18. The first-order valence-corrected chi connectivity index (χ1v) is 6.32. The number of rotatable bonds is 4. The van der Waals surface area contributed by atoms with Gasteiger partial charge in [-0.15, -0.1) is 0 Å². The van der Waals surface area contributed by atoms with Crippen LogP contribution in [0.25, 0.3) is 0 Å². The Balaban J connectivity index is 1.96. The van der Waals surface area contributed by atoms with E-state index in [1.54, 1.807) is 0 Å². The van der Waals surface area contributed by atoms with Gasteiger partial charge in [-0.3, -0.25) is 0 Å². The van der Waals surface area contributed by atoms with Crippen LogP contribution in [-0.4, -0.2) is 30.8 Å². The molecule has 15 heavy (non-hydrogen) atoms. The molecule has 2 heteroatoms. The van der Waals surface area contributed by atoms with Gasteiger partial charge in [0.05, 0.1) is 0 Å². The largest absolute Gasteiger partial charge is 0.303 e. The molecule has 0 spiro atoms. The fourth-order valence-corrected chi connectivity index (χ4v) is 3.13. The maximum atomic E-state index is 11.4. The molecule has 2 atom stereocenters. The second-order valence-electron chi connectivity index (χ2n) is 5.83. The highest BCUT2D eigenvalue weighted by atomic mass is 16.1. The van der Waals surface area contributed by atoms with Gasteiger partial charge < -0.3 is 9.69 Å². The van der Waals surface area contributed by atoms with Crippen LogP contribution in [0.3, 0.4) is 0 Å². The van der Waals surface area contributed by atoms with Gasteiger partial charge in [-0.25, -0.2) is 0 Å². The molecule has 0 aromatic rings. The lowest BCUT2D eigenvalue weighted by Crippen LogP contribution is -2.41. The normalized spacial score (nSPS) is 36.9. The number of hydrogen-bond acceptors (Lipinski definition) is 2. The summed E-state index contributed by atoms with van der Waals surface area (Å²) in [6, 6.07) is 0.777. The minimum atomic E-state index is -0.0188. The van der Waals surface area contributed by atoms with E-state index >= 15 is 0 Å². The Morgan fingerprint density at radius 2 is 2.13 bits per heavy atom. The van der Waals surface area contributed by atoms with Crippen molar-refractivity contribution in [2.24, 2.45) is 11.3 Å². The third-order valence-electron chi connectivity index (χ3n) is 4.11. The van der Waals surface area contributed by atoms with Crippen molar-refractivity contribution < 1.29 is 4.79 Å². The van der Waals surface area contributed by atoms with Crippen LogP contribution < -0.4 is 0 Å². The highest BCUT2D eigenvalue weighted by Crippen LogP contribution is 2.39. The van der Waals surface area contributed by atoms with E-state index in [0.717, 1.165) is 31.3 Å². The van der Waals surface area contributed by atoms with Crippen LogP contribution in [0.2, 0.25) is 0 Å². The van der Waals surface area contributed by atoms with E-state index in [4.69, 9.17) is 0 Å². The van der Waals surface area contributed by atoms with Gasteiger partial charge in [-0.1, -0.05) is 19.8 Å². The molecule has 0 amide bonds. The highest BCUT2D eigenvalue weighted by molar-refractivity contribution is 5.60. The van der Waals surface area contributed by atoms with Crippen molar-refractivity contribution in [1.82, 2.24) is 4.90 Å². The smallest absolute Gasteiger partial charge is 0.127 e. The molecule has 0 N–H and O–H groups in total. The van der Waals surface area contributed by atoms with E-state index in [2.05, 4.69) is 18.9 Å². The molecular formula is C13H23NO. The lowest BCUT2D eigenvalue weighted by molar-refractivity contribution is -0.119. The van der Waals surface area contributed by atoms with Crippen molar-refractivity contribution in [3.05, 3.63) is 0 Å². The number of nitrogens with zero attached hydrogens (tertiary/aromatic N) is 1. The van der Waals surface area contributed by atoms with Crippen molar-refractivity contribution in [3.63, 3.8) is 0 Å². The summed E-state index contributed by atoms with van der Waals surface area (Å²) in [4.78, 5) is 13.8. The molecular weight excluding hydrogens is 186 g/mol. The molecule has 2 unspecified atom stereocenters. The standard InChI is InChI=1S/C13H23NO/c1-11-4-3-7-13(8-11,10-15)9-14(2)12-5-6-12/h10-12H,3-9H2,1-2H3. The zero-order valence-corrected chi connectivity index (χ0v) is 10.0. The van der Waals surface area contributed by atoms with Gasteiger partial charge in [0.25, 0.3) is 0 Å². The van der Waals surface area contributed by atoms with Gasteiger partial charge in [0.2, 0.25) is 0 Å². The van der Waals surface area contributed by atoms with Gasteiger partial charge in [0.15, 0.2) is 0 Å². The molecule has 0 heterocycles. The van der Waals surface area contributed by atoms with Crippen molar-refractivity contribution in [3.8, 4) is 0 Å². The molecule has 2 aliphatic carbocycles. The van der Waals surface area contributed by atoms with Gasteiger partial charge in [0, 0.05) is 18.0 Å². The fraction of sp³-hybridized carbons (Fsp3) is 0.923. The number of carbonyl (C=O) groups excluding carboxylic acids is 1. The summed E-state index contributed by atoms with van der Waals surface area (Å²) in [6.07, 6.45) is 8.68. The Morgan fingerprint density at radius 1 is 1.40 bits per heavy atom. The lowest BCUT2D eigenvalue weighted by Gasteiger charge is -2.38. The first-order valence-electron chi connectivity index (χ1n) is 6.32. The van der Waals surface area contributed by atoms with Crippen LogP contribution in [-0.2, 0) is 4.79 Å². The van der Waals surface area contributed by atoms with Crippen LogP contribution in [0.15, 0.2) is 0 Å². The zero-order valence-electron chi connectivity index (χ0n) is 10.0. The SMILES string of the molecule is CC1CCCC(C=O)(CN(C)C2CC2)C1. The molecule has 0 aromatic heterocycles. The maximum Gasteiger partial charge on any atom is 0.127 e. The van der Waals surface area contributed by atoms with E-state index in [9.17, 15) is 4.79 Å². The first-order chi connectivity index (χ1) is 7.15. The predicted octanol–water partition coefficient (Wildman–Crippen LogP) is 2.48. The maximum absolute atomic E-state index is 11.4. The quantitative estimate of drug-likeness (QED) is 0.663. The average molecular weight is 209 g/mol. The lowest BCUT2D eigenvalue weighted by atomic mass is 9.71. The molecule has 86 valence electrons. The molecule has 2 fully saturated rings. The average Bonchev–Trinajstić information content (AvgIpc) is 3.00. The Kier molecular flexibility index (Phi) is 3.15. The van der Waals surface area contributed by atoms with Gasteiger partial charge >= 0.3 is 0 Å². The molecule has 0 aliphatic heterocycles. The Hall–Kier alpha value is -0.370. The topological polar surface area (TPSA) is 20.3 Å². The Labute approximate surface area is 93.0 Å². The summed E-state index contributed by atoms with van der Waals surface area (Å²) in [5.74, 6) is 0.733. The predicted molar refractivity (Wildman–Crippen MR) is 61.8 cm³/mol. The van der Waals surface area contributed by atoms with Crippen LogP contribution in [0.4, 0.5) is 0 Å². The molecule has 0 aromatic carbocycles. The summed E-state index contributed by atoms with van der Waals surface area (Å²) in [5.41, 5.74) is -0.0188. The minimum Gasteiger partial charge on any atom is -0.303 e. The van der Waals surface area contributed by atoms with Crippen molar-refractivity contribution >= 4 is 6.29 Å². The second kappa shape index (κ2) is 4.25. The van der Waals surface area contributed by atoms with Crippen molar-refractivity contribution in [2.45, 2.75) is 51.5 Å². The zero-order chi connectivity index (χ0) is 10.9. The molecule has 0 bridgehead atoms. The Morgan fingerprint density at radius 3 is 2.67 bits per heavy atom. The monoisotopic (exact) mass is 209 g/mol. The molecule has 2 aliphatic rings. The summed E-state index contributed by atoms with van der Waals surface area (Å²) in [5, 5.41) is 0. The fourth-order valence-electron chi connectivity index (χ4n) is 3.13. The number of carbonyl (C=O) groups is 1. The van der Waals surface area contributed by atoms with Crippen LogP contribution >= 0.6 is 0 Å². The molecule has 0 radical (unpaired) electrons. The van der Waals surface area contributed by atoms with E-state index in [1.807, 2.05) is 0 Å². The van der Waals surface area contributed by atoms with Crippen molar-refractivity contribution in [1.29, 1.82) is 0 Å². The van der Waals surface area contributed by atoms with Gasteiger partial charge in [-0.05, 0) is 38.6 Å². The van der Waals surface area contributed by atoms with E-state index in [-0.39, 0.29) is 5.41 Å². The van der Waals surface area contributed by atoms with E-state index < -0.39 is 0 Å². The third-order valence-corrected chi connectivity index (χ3v) is 4.11. The van der Waals surface area contributed by atoms with E-state index in [1.165, 1.54) is 32.0 Å². The van der Waals surface area contributed by atoms with Crippen LogP contribution in [0, 0.1) is 11.3 Å². The number of hydrogen-bond donors (Lipinski definition) is 0. The number of aldehydes is 1. The van der Waals surface area contributed by atoms with Gasteiger partial charge in [0.1, 0.15) is 6.29 Å². The molecule has 0 saturated heterocycles. The minimum absolute atomic E-state index is 0.0188. The van der Waals surface area contributed by atoms with Crippen LogP contribution in [0.1, 0.15) is 45.4 Å². The molecule has 2 saturated carbocycles. The first kappa shape index (κ1) is 11.1. The second-order valence-corrected chi connectivity index (χ2v) is 5.83. The van der Waals surface area contributed by atoms with E-state index in [0.29, 0.717) is 0 Å². The molecule has 2 nitrogen and oxygen atoms in total. The van der Waals surface area contributed by atoms with Crippen LogP contribution in [0.5, 0.6) is 0 Å². The third kappa shape index (κ3) is 2.60. The highest BCUT2D eigenvalue weighted by Gasteiger charge is 2.38. The van der Waals surface area contributed by atoms with Crippen molar-refractivity contribution in [2.75, 3.05) is 13.6 Å². The van der Waals surface area contributed by atoms with Gasteiger partial charge in [-0.2, -0.15) is 0 Å². The summed E-state index contributed by atoms with van der Waals surface area (Å²) in [6.45, 7) is 3.28. The summed E-state index contributed by atoms with van der Waals surface area (Å²) < 4.78 is 0. The summed E-state index contributed by atoms with van der Waals surface area (Å²) >= 11 is 0. The molecule has 2 rings (SSSR count).